The lowest BCUT2D eigenvalue weighted by molar-refractivity contribution is 0.397. The first-order valence-corrected chi connectivity index (χ1v) is 4.39. The number of benzene rings is 1. The largest absolute Gasteiger partial charge is 0.496 e. The van der Waals surface area contributed by atoms with Crippen LogP contribution < -0.4 is 9.47 Å². The average Bonchev–Trinajstić information content (AvgIpc) is 2.81. The topological polar surface area (TPSA) is 44.5 Å². The second kappa shape index (κ2) is 4.04. The molecule has 4 heteroatoms. The average molecular weight is 204 g/mol. The Morgan fingerprint density at radius 2 is 1.87 bits per heavy atom. The van der Waals surface area contributed by atoms with Crippen LogP contribution in [0.25, 0.3) is 11.3 Å². The summed E-state index contributed by atoms with van der Waals surface area (Å²) in [5.41, 5.74) is 1.41. The minimum absolute atomic E-state index is 0.643. The zero-order valence-electron chi connectivity index (χ0n) is 8.48. The van der Waals surface area contributed by atoms with Gasteiger partial charge in [-0.25, -0.2) is 4.98 Å². The van der Waals surface area contributed by atoms with Gasteiger partial charge < -0.3 is 13.9 Å². The van der Waals surface area contributed by atoms with Crippen molar-refractivity contribution in [2.75, 3.05) is 14.2 Å². The second-order valence-electron chi connectivity index (χ2n) is 2.86. The smallest absolute Gasteiger partial charge is 0.284 e. The second-order valence-corrected chi connectivity index (χ2v) is 2.86. The molecule has 0 bridgehead atoms. The molecule has 0 aliphatic rings. The number of hydrogen-bond donors (Lipinski definition) is 0. The third-order valence-corrected chi connectivity index (χ3v) is 2.07. The Hall–Kier alpha value is -1.97. The van der Waals surface area contributed by atoms with E-state index >= 15 is 0 Å². The van der Waals surface area contributed by atoms with Crippen molar-refractivity contribution in [3.05, 3.63) is 30.9 Å². The molecule has 4 nitrogen and oxygen atoms in total. The molecule has 0 fully saturated rings. The standard InChI is InChI=1S/C11H10NO3/c1-13-9-4-3-5-10(14-2)11(9)8-6-15-7-12-8/h3-6H,1-2H3. The summed E-state index contributed by atoms with van der Waals surface area (Å²) in [4.78, 5) is 3.95. The molecule has 0 spiro atoms. The summed E-state index contributed by atoms with van der Waals surface area (Å²) in [6.07, 6.45) is 3.90. The summed E-state index contributed by atoms with van der Waals surface area (Å²) in [6, 6.07) is 5.53. The van der Waals surface area contributed by atoms with E-state index in [1.807, 2.05) is 18.2 Å². The molecular weight excluding hydrogens is 194 g/mol. The number of oxazole rings is 1. The Morgan fingerprint density at radius 3 is 2.33 bits per heavy atom. The third kappa shape index (κ3) is 1.66. The predicted octanol–water partition coefficient (Wildman–Crippen LogP) is 2.16. The van der Waals surface area contributed by atoms with Gasteiger partial charge >= 0.3 is 0 Å². The van der Waals surface area contributed by atoms with E-state index in [9.17, 15) is 0 Å². The number of ether oxygens (including phenoxy) is 2. The van der Waals surface area contributed by atoms with E-state index in [-0.39, 0.29) is 0 Å². The summed E-state index contributed by atoms with van der Waals surface area (Å²) >= 11 is 0. The van der Waals surface area contributed by atoms with Crippen molar-refractivity contribution >= 4 is 0 Å². The fraction of sp³-hybridized carbons (Fsp3) is 0.182. The molecule has 1 aromatic heterocycles. The number of aromatic nitrogens is 1. The van der Waals surface area contributed by atoms with Gasteiger partial charge in [-0.05, 0) is 12.1 Å². The van der Waals surface area contributed by atoms with Gasteiger partial charge in [0, 0.05) is 0 Å². The number of nitrogens with zero attached hydrogens (tertiary/aromatic N) is 1. The molecule has 0 saturated carbocycles. The van der Waals surface area contributed by atoms with Crippen LogP contribution in [0.15, 0.2) is 28.9 Å². The summed E-state index contributed by atoms with van der Waals surface area (Å²) in [5, 5.41) is 0. The Balaban J connectivity index is 2.61. The van der Waals surface area contributed by atoms with Crippen molar-refractivity contribution in [1.29, 1.82) is 0 Å². The number of methoxy groups -OCH3 is 2. The highest BCUT2D eigenvalue weighted by Crippen LogP contribution is 2.36. The Kier molecular flexibility index (Phi) is 2.58. The van der Waals surface area contributed by atoms with Gasteiger partial charge in [0.2, 0.25) is 0 Å². The predicted molar refractivity (Wildman–Crippen MR) is 53.9 cm³/mol. The van der Waals surface area contributed by atoms with Crippen LogP contribution in [-0.2, 0) is 0 Å². The van der Waals surface area contributed by atoms with Gasteiger partial charge in [0.05, 0.1) is 19.8 Å². The highest BCUT2D eigenvalue weighted by molar-refractivity contribution is 5.73. The van der Waals surface area contributed by atoms with E-state index < -0.39 is 0 Å². The maximum atomic E-state index is 5.24. The maximum Gasteiger partial charge on any atom is 0.284 e. The van der Waals surface area contributed by atoms with Crippen LogP contribution in [0.2, 0.25) is 0 Å². The fourth-order valence-corrected chi connectivity index (χ4v) is 1.40. The van der Waals surface area contributed by atoms with Crippen LogP contribution in [0.1, 0.15) is 0 Å². The van der Waals surface area contributed by atoms with Crippen molar-refractivity contribution < 1.29 is 13.9 Å². The van der Waals surface area contributed by atoms with Gasteiger partial charge in [0.15, 0.2) is 0 Å². The molecule has 2 aromatic rings. The van der Waals surface area contributed by atoms with Crippen molar-refractivity contribution in [2.24, 2.45) is 0 Å². The first-order valence-electron chi connectivity index (χ1n) is 4.39. The van der Waals surface area contributed by atoms with Crippen molar-refractivity contribution in [3.8, 4) is 22.8 Å². The molecule has 0 saturated heterocycles. The Bertz CT molecular complexity index is 415. The highest BCUT2D eigenvalue weighted by Gasteiger charge is 2.14. The molecule has 1 heterocycles. The van der Waals surface area contributed by atoms with Crippen LogP contribution in [0.5, 0.6) is 11.5 Å². The van der Waals surface area contributed by atoms with Crippen LogP contribution >= 0.6 is 0 Å². The van der Waals surface area contributed by atoms with Crippen LogP contribution in [0.4, 0.5) is 0 Å². The van der Waals surface area contributed by atoms with Crippen molar-refractivity contribution in [1.82, 2.24) is 4.98 Å². The molecule has 1 aromatic carbocycles. The lowest BCUT2D eigenvalue weighted by Gasteiger charge is -2.10. The number of hydrogen-bond acceptors (Lipinski definition) is 4. The summed E-state index contributed by atoms with van der Waals surface area (Å²) < 4.78 is 15.3. The quantitative estimate of drug-likeness (QED) is 0.768. The number of rotatable bonds is 3. The van der Waals surface area contributed by atoms with Gasteiger partial charge in [-0.1, -0.05) is 6.07 Å². The van der Waals surface area contributed by atoms with E-state index in [0.717, 1.165) is 5.56 Å². The molecule has 77 valence electrons. The third-order valence-electron chi connectivity index (χ3n) is 2.07. The van der Waals surface area contributed by atoms with E-state index in [0.29, 0.717) is 17.2 Å². The molecule has 0 unspecified atom stereocenters. The molecule has 15 heavy (non-hydrogen) atoms. The van der Waals surface area contributed by atoms with E-state index in [2.05, 4.69) is 11.4 Å². The zero-order valence-corrected chi connectivity index (χ0v) is 8.48. The first-order chi connectivity index (χ1) is 7.36. The monoisotopic (exact) mass is 204 g/mol. The lowest BCUT2D eigenvalue weighted by Crippen LogP contribution is -1.92. The molecule has 0 atom stereocenters. The molecule has 1 radical (unpaired) electrons. The first kappa shape index (κ1) is 9.58. The maximum absolute atomic E-state index is 5.24. The molecule has 0 amide bonds. The van der Waals surface area contributed by atoms with Gasteiger partial charge in [-0.15, -0.1) is 0 Å². The van der Waals surface area contributed by atoms with E-state index in [1.165, 1.54) is 6.26 Å². The SMILES string of the molecule is COc1cccc(OC)c1-c1co[c]n1. The van der Waals surface area contributed by atoms with Crippen LogP contribution in [0, 0.1) is 6.39 Å². The normalized spacial score (nSPS) is 10.0. The highest BCUT2D eigenvalue weighted by atomic mass is 16.5. The fourth-order valence-electron chi connectivity index (χ4n) is 1.40. The molecule has 2 rings (SSSR count). The van der Waals surface area contributed by atoms with Gasteiger partial charge in [0.25, 0.3) is 6.39 Å². The Labute approximate surface area is 87.5 Å². The molecule has 0 N–H and O–H groups in total. The van der Waals surface area contributed by atoms with E-state index in [4.69, 9.17) is 13.9 Å². The summed E-state index contributed by atoms with van der Waals surface area (Å²) in [5.74, 6) is 1.38. The Morgan fingerprint density at radius 1 is 1.20 bits per heavy atom. The minimum Gasteiger partial charge on any atom is -0.496 e. The summed E-state index contributed by atoms with van der Waals surface area (Å²) in [6.45, 7) is 0. The van der Waals surface area contributed by atoms with Crippen molar-refractivity contribution in [2.45, 2.75) is 0 Å². The summed E-state index contributed by atoms with van der Waals surface area (Å²) in [7, 11) is 3.20. The lowest BCUT2D eigenvalue weighted by atomic mass is 10.1. The zero-order chi connectivity index (χ0) is 10.7. The molecule has 0 aliphatic carbocycles. The minimum atomic E-state index is 0.643. The van der Waals surface area contributed by atoms with Gasteiger partial charge in [0.1, 0.15) is 23.5 Å². The van der Waals surface area contributed by atoms with Gasteiger partial charge in [-0.3, -0.25) is 0 Å². The van der Waals surface area contributed by atoms with Crippen LogP contribution in [0.3, 0.4) is 0 Å². The van der Waals surface area contributed by atoms with Gasteiger partial charge in [-0.2, -0.15) is 0 Å². The molecule has 0 aliphatic heterocycles. The van der Waals surface area contributed by atoms with Crippen LogP contribution in [-0.4, -0.2) is 19.2 Å². The molecular formula is C11H10NO3. The van der Waals surface area contributed by atoms with Crippen molar-refractivity contribution in [3.63, 3.8) is 0 Å². The van der Waals surface area contributed by atoms with E-state index in [1.54, 1.807) is 14.2 Å².